The fourth-order valence-corrected chi connectivity index (χ4v) is 1.60. The Balaban J connectivity index is 2.39. The summed E-state index contributed by atoms with van der Waals surface area (Å²) in [7, 11) is 0. The van der Waals surface area contributed by atoms with Crippen molar-refractivity contribution >= 4 is 17.8 Å². The molecule has 114 valence electrons. The van der Waals surface area contributed by atoms with E-state index < -0.39 is 29.5 Å². The predicted octanol–water partition coefficient (Wildman–Crippen LogP) is 0.782. The van der Waals surface area contributed by atoms with E-state index in [4.69, 9.17) is 5.11 Å². The van der Waals surface area contributed by atoms with Crippen LogP contribution in [0.5, 0.6) is 0 Å². The molecule has 1 aromatic rings. The number of benzene rings is 1. The lowest BCUT2D eigenvalue weighted by Crippen LogP contribution is -2.40. The minimum atomic E-state index is -0.985. The number of carboxylic acid groups (broad SMARTS) is 1. The number of hydrogen-bond acceptors (Lipinski definition) is 3. The van der Waals surface area contributed by atoms with Crippen LogP contribution in [0.25, 0.3) is 0 Å². The maximum atomic E-state index is 12.9. The summed E-state index contributed by atoms with van der Waals surface area (Å²) >= 11 is 0. The third-order valence-electron chi connectivity index (χ3n) is 2.88. The number of carbonyl (C=O) groups excluding carboxylic acids is 2. The van der Waals surface area contributed by atoms with Gasteiger partial charge in [-0.3, -0.25) is 14.4 Å². The standard InChI is InChI=1S/C14H17FN2O4/c1-2-9(14(20)21)7-16-12(18)8-17-13(19)10-4-3-5-11(15)6-10/h3-6,9H,2,7-8H2,1H3,(H,16,18)(H,17,19)(H,20,21). The van der Waals surface area contributed by atoms with Crippen molar-refractivity contribution in [3.05, 3.63) is 35.6 Å². The van der Waals surface area contributed by atoms with Crippen LogP contribution in [-0.4, -0.2) is 36.0 Å². The fraction of sp³-hybridized carbons (Fsp3) is 0.357. The first kappa shape index (κ1) is 16.6. The minimum Gasteiger partial charge on any atom is -0.481 e. The summed E-state index contributed by atoms with van der Waals surface area (Å²) < 4.78 is 12.9. The van der Waals surface area contributed by atoms with Gasteiger partial charge in [-0.25, -0.2) is 4.39 Å². The van der Waals surface area contributed by atoms with E-state index >= 15 is 0 Å². The molecule has 0 saturated heterocycles. The van der Waals surface area contributed by atoms with Crippen LogP contribution in [0.2, 0.25) is 0 Å². The van der Waals surface area contributed by atoms with Crippen molar-refractivity contribution in [3.63, 3.8) is 0 Å². The van der Waals surface area contributed by atoms with Gasteiger partial charge in [-0.1, -0.05) is 13.0 Å². The molecular formula is C14H17FN2O4. The van der Waals surface area contributed by atoms with Crippen LogP contribution < -0.4 is 10.6 Å². The highest BCUT2D eigenvalue weighted by atomic mass is 19.1. The van der Waals surface area contributed by atoms with Crippen LogP contribution in [0, 0.1) is 11.7 Å². The van der Waals surface area contributed by atoms with E-state index in [1.165, 1.54) is 18.2 Å². The summed E-state index contributed by atoms with van der Waals surface area (Å²) in [6, 6.07) is 5.09. The molecule has 0 aliphatic rings. The van der Waals surface area contributed by atoms with Crippen molar-refractivity contribution in [1.82, 2.24) is 10.6 Å². The Kier molecular flexibility index (Phi) is 6.32. The maximum Gasteiger partial charge on any atom is 0.308 e. The van der Waals surface area contributed by atoms with E-state index in [0.29, 0.717) is 6.42 Å². The van der Waals surface area contributed by atoms with Gasteiger partial charge in [-0.2, -0.15) is 0 Å². The van der Waals surface area contributed by atoms with Crippen LogP contribution >= 0.6 is 0 Å². The van der Waals surface area contributed by atoms with Crippen molar-refractivity contribution in [2.75, 3.05) is 13.1 Å². The third-order valence-corrected chi connectivity index (χ3v) is 2.88. The molecule has 0 fully saturated rings. The van der Waals surface area contributed by atoms with Gasteiger partial charge in [0.05, 0.1) is 12.5 Å². The van der Waals surface area contributed by atoms with Gasteiger partial charge in [0.2, 0.25) is 5.91 Å². The number of amides is 2. The van der Waals surface area contributed by atoms with Gasteiger partial charge >= 0.3 is 5.97 Å². The molecule has 6 nitrogen and oxygen atoms in total. The smallest absolute Gasteiger partial charge is 0.308 e. The molecular weight excluding hydrogens is 279 g/mol. The molecule has 0 aliphatic heterocycles. The highest BCUT2D eigenvalue weighted by molar-refractivity contribution is 5.96. The summed E-state index contributed by atoms with van der Waals surface area (Å²) in [5.41, 5.74) is 0.111. The molecule has 0 bridgehead atoms. The van der Waals surface area contributed by atoms with E-state index in [1.54, 1.807) is 6.92 Å². The van der Waals surface area contributed by atoms with Gasteiger partial charge in [-0.05, 0) is 24.6 Å². The Labute approximate surface area is 121 Å². The Hall–Kier alpha value is -2.44. The van der Waals surface area contributed by atoms with Crippen LogP contribution in [0.1, 0.15) is 23.7 Å². The Bertz CT molecular complexity index is 533. The molecule has 0 saturated carbocycles. The largest absolute Gasteiger partial charge is 0.481 e. The van der Waals surface area contributed by atoms with E-state index in [0.717, 1.165) is 6.07 Å². The lowest BCUT2D eigenvalue weighted by atomic mass is 10.1. The summed E-state index contributed by atoms with van der Waals surface area (Å²) in [6.07, 6.45) is 0.394. The molecule has 0 heterocycles. The number of halogens is 1. The van der Waals surface area contributed by atoms with Crippen molar-refractivity contribution in [3.8, 4) is 0 Å². The first-order valence-corrected chi connectivity index (χ1v) is 6.47. The second-order valence-corrected chi connectivity index (χ2v) is 4.44. The fourth-order valence-electron chi connectivity index (χ4n) is 1.60. The summed E-state index contributed by atoms with van der Waals surface area (Å²) in [5, 5.41) is 13.6. The zero-order chi connectivity index (χ0) is 15.8. The zero-order valence-corrected chi connectivity index (χ0v) is 11.6. The molecule has 1 atom stereocenters. The molecule has 0 aromatic heterocycles. The molecule has 0 spiro atoms. The molecule has 7 heteroatoms. The van der Waals surface area contributed by atoms with Crippen molar-refractivity contribution < 1.29 is 23.9 Å². The summed E-state index contributed by atoms with van der Waals surface area (Å²) in [4.78, 5) is 33.9. The topological polar surface area (TPSA) is 95.5 Å². The minimum absolute atomic E-state index is 0.000498. The van der Waals surface area contributed by atoms with E-state index in [1.807, 2.05) is 0 Å². The van der Waals surface area contributed by atoms with Crippen molar-refractivity contribution in [2.45, 2.75) is 13.3 Å². The van der Waals surface area contributed by atoms with E-state index in [-0.39, 0.29) is 18.7 Å². The first-order chi connectivity index (χ1) is 9.93. The molecule has 0 radical (unpaired) electrons. The zero-order valence-electron chi connectivity index (χ0n) is 11.6. The molecule has 2 amide bonds. The second-order valence-electron chi connectivity index (χ2n) is 4.44. The number of nitrogens with one attached hydrogen (secondary N) is 2. The number of carboxylic acids is 1. The Morgan fingerprint density at radius 3 is 2.57 bits per heavy atom. The summed E-state index contributed by atoms with van der Waals surface area (Å²) in [5.74, 6) is -3.26. The van der Waals surface area contributed by atoms with Gasteiger partial charge < -0.3 is 15.7 Å². The van der Waals surface area contributed by atoms with Crippen LogP contribution in [0.15, 0.2) is 24.3 Å². The molecule has 3 N–H and O–H groups in total. The van der Waals surface area contributed by atoms with Gasteiger partial charge in [0.25, 0.3) is 5.91 Å². The average Bonchev–Trinajstić information content (AvgIpc) is 2.45. The normalized spacial score (nSPS) is 11.5. The monoisotopic (exact) mass is 296 g/mol. The molecule has 1 aromatic carbocycles. The summed E-state index contributed by atoms with van der Waals surface area (Å²) in [6.45, 7) is 1.41. The lowest BCUT2D eigenvalue weighted by molar-refractivity contribution is -0.141. The highest BCUT2D eigenvalue weighted by Crippen LogP contribution is 2.03. The van der Waals surface area contributed by atoms with Gasteiger partial charge in [0, 0.05) is 12.1 Å². The van der Waals surface area contributed by atoms with Gasteiger partial charge in [-0.15, -0.1) is 0 Å². The lowest BCUT2D eigenvalue weighted by Gasteiger charge is -2.11. The number of carbonyl (C=O) groups is 3. The number of rotatable bonds is 7. The highest BCUT2D eigenvalue weighted by Gasteiger charge is 2.16. The van der Waals surface area contributed by atoms with Crippen LogP contribution in [0.4, 0.5) is 4.39 Å². The molecule has 0 aliphatic carbocycles. The van der Waals surface area contributed by atoms with Crippen LogP contribution in [0.3, 0.4) is 0 Å². The van der Waals surface area contributed by atoms with Gasteiger partial charge in [0.15, 0.2) is 0 Å². The first-order valence-electron chi connectivity index (χ1n) is 6.47. The second kappa shape index (κ2) is 7.98. The van der Waals surface area contributed by atoms with Gasteiger partial charge in [0.1, 0.15) is 5.82 Å². The Morgan fingerprint density at radius 1 is 1.29 bits per heavy atom. The average molecular weight is 296 g/mol. The van der Waals surface area contributed by atoms with Crippen molar-refractivity contribution in [2.24, 2.45) is 5.92 Å². The Morgan fingerprint density at radius 2 is 2.00 bits per heavy atom. The predicted molar refractivity (Wildman–Crippen MR) is 73.2 cm³/mol. The molecule has 1 rings (SSSR count). The maximum absolute atomic E-state index is 12.9. The SMILES string of the molecule is CCC(CNC(=O)CNC(=O)c1cccc(F)c1)C(=O)O. The number of aliphatic carboxylic acids is 1. The molecule has 21 heavy (non-hydrogen) atoms. The number of hydrogen-bond donors (Lipinski definition) is 3. The van der Waals surface area contributed by atoms with E-state index in [9.17, 15) is 18.8 Å². The quantitative estimate of drug-likeness (QED) is 0.693. The van der Waals surface area contributed by atoms with E-state index in [2.05, 4.69) is 10.6 Å². The van der Waals surface area contributed by atoms with Crippen molar-refractivity contribution in [1.29, 1.82) is 0 Å². The third kappa shape index (κ3) is 5.60. The van der Waals surface area contributed by atoms with Crippen LogP contribution in [-0.2, 0) is 9.59 Å². The molecule has 1 unspecified atom stereocenters.